The lowest BCUT2D eigenvalue weighted by Gasteiger charge is -2.34. The minimum absolute atomic E-state index is 0.0545. The molecule has 4 aromatic rings. The molecule has 5 N–H and O–H groups in total. The van der Waals surface area contributed by atoms with Gasteiger partial charge in [0.05, 0.1) is 5.75 Å². The average molecular weight is 874 g/mol. The van der Waals surface area contributed by atoms with Crippen molar-refractivity contribution in [3.05, 3.63) is 131 Å². The number of hydrogen-bond acceptors (Lipinski definition) is 6. The smallest absolute Gasteiger partial charge is 0.248 e. The van der Waals surface area contributed by atoms with E-state index in [-0.39, 0.29) is 46.4 Å². The second-order valence-electron chi connectivity index (χ2n) is 15.5. The quantitative estimate of drug-likeness (QED) is 0.0599. The SMILES string of the molecule is Cc1ccccc1C(C(=O)NC1CCCCC1)N(C(=O)CCl)c1cccc(F)c1.Cc1ccccc1C(C(=O)NC1CCCCC1)N(C(=O)CSC(=N)N)c1cccc(F)c1. The molecule has 0 saturated heterocycles. The summed E-state index contributed by atoms with van der Waals surface area (Å²) in [6.45, 7) is 3.78. The Morgan fingerprint density at radius 3 is 1.46 bits per heavy atom. The summed E-state index contributed by atoms with van der Waals surface area (Å²) in [5.74, 6) is -2.87. The number of hydrogen-bond donors (Lipinski definition) is 4. The number of anilines is 2. The minimum atomic E-state index is -0.972. The Labute approximate surface area is 366 Å². The third kappa shape index (κ3) is 13.1. The third-order valence-corrected chi connectivity index (χ3v) is 12.0. The number of benzene rings is 4. The Bertz CT molecular complexity index is 2150. The monoisotopic (exact) mass is 872 g/mol. The minimum Gasteiger partial charge on any atom is -0.379 e. The molecular formula is C47H55ClF2N6O4S. The first-order valence-electron chi connectivity index (χ1n) is 20.8. The highest BCUT2D eigenvalue weighted by Gasteiger charge is 2.36. The summed E-state index contributed by atoms with van der Waals surface area (Å²) in [5, 5.41) is 13.5. The van der Waals surface area contributed by atoms with E-state index in [2.05, 4.69) is 10.6 Å². The molecule has 0 aromatic heterocycles. The molecule has 0 spiro atoms. The van der Waals surface area contributed by atoms with E-state index in [1.54, 1.807) is 12.1 Å². The number of carbonyl (C=O) groups excluding carboxylic acids is 4. The van der Waals surface area contributed by atoms with Crippen molar-refractivity contribution in [1.82, 2.24) is 10.6 Å². The number of rotatable bonds is 13. The normalized spacial score (nSPS) is 15.3. The molecule has 2 unspecified atom stereocenters. The second kappa shape index (κ2) is 23.1. The topological polar surface area (TPSA) is 149 Å². The fourth-order valence-corrected chi connectivity index (χ4v) is 8.58. The van der Waals surface area contributed by atoms with Crippen molar-refractivity contribution in [2.75, 3.05) is 21.4 Å². The zero-order chi connectivity index (χ0) is 43.9. The Morgan fingerprint density at radius 1 is 0.672 bits per heavy atom. The molecule has 4 aromatic carbocycles. The van der Waals surface area contributed by atoms with Gasteiger partial charge in [0.15, 0.2) is 5.17 Å². The second-order valence-corrected chi connectivity index (χ2v) is 16.8. The van der Waals surface area contributed by atoms with E-state index in [4.69, 9.17) is 22.7 Å². The number of carbonyl (C=O) groups is 4. The molecule has 2 fully saturated rings. The van der Waals surface area contributed by atoms with Crippen molar-refractivity contribution in [1.29, 1.82) is 5.41 Å². The first kappa shape index (κ1) is 46.8. The first-order valence-corrected chi connectivity index (χ1v) is 22.3. The van der Waals surface area contributed by atoms with Gasteiger partial charge in [-0.25, -0.2) is 8.78 Å². The molecule has 14 heteroatoms. The third-order valence-electron chi connectivity index (χ3n) is 11.1. The van der Waals surface area contributed by atoms with E-state index >= 15 is 0 Å². The maximum Gasteiger partial charge on any atom is 0.248 e. The lowest BCUT2D eigenvalue weighted by atomic mass is 9.94. The Hall–Kier alpha value is -5.27. The van der Waals surface area contributed by atoms with E-state index in [1.807, 2.05) is 62.4 Å². The molecule has 0 heterocycles. The van der Waals surface area contributed by atoms with Crippen molar-refractivity contribution in [3.63, 3.8) is 0 Å². The van der Waals surface area contributed by atoms with Crippen LogP contribution in [-0.4, -0.2) is 52.5 Å². The standard InChI is InChI=1S/C24H29FN4O2S.C23H26ClFN2O2/c1-16-8-5-6-13-20(16)22(23(31)28-18-10-3-2-4-11-18)29(21(30)15-32-24(26)27)19-12-7-9-17(25)14-19;1-16-8-5-6-13-20(16)22(23(29)26-18-10-3-2-4-11-18)27(21(28)15-24)19-12-7-9-17(25)14-19/h5-9,12-14,18,22H,2-4,10-11,15H2,1H3,(H3,26,27)(H,28,31);5-9,12-14,18,22H,2-4,10-11,15H2,1H3,(H,26,29). The molecular weight excluding hydrogens is 818 g/mol. The van der Waals surface area contributed by atoms with Gasteiger partial charge in [0.1, 0.15) is 29.6 Å². The van der Waals surface area contributed by atoms with E-state index in [1.165, 1.54) is 52.6 Å². The van der Waals surface area contributed by atoms with Crippen molar-refractivity contribution in [2.45, 2.75) is 102 Å². The molecule has 2 aliphatic rings. The summed E-state index contributed by atoms with van der Waals surface area (Å²) < 4.78 is 28.1. The van der Waals surface area contributed by atoms with Crippen molar-refractivity contribution in [3.8, 4) is 0 Å². The summed E-state index contributed by atoms with van der Waals surface area (Å²) >= 11 is 6.76. The molecule has 61 heavy (non-hydrogen) atoms. The molecule has 0 bridgehead atoms. The summed E-state index contributed by atoms with van der Waals surface area (Å²) in [5.41, 5.74) is 9.12. The van der Waals surface area contributed by atoms with Gasteiger partial charge in [-0.15, -0.1) is 11.6 Å². The van der Waals surface area contributed by atoms with Crippen molar-refractivity contribution < 1.29 is 28.0 Å². The van der Waals surface area contributed by atoms with Gasteiger partial charge in [-0.3, -0.25) is 34.4 Å². The van der Waals surface area contributed by atoms with Gasteiger partial charge in [-0.1, -0.05) is 111 Å². The van der Waals surface area contributed by atoms with Crippen molar-refractivity contribution in [2.24, 2.45) is 5.73 Å². The largest absolute Gasteiger partial charge is 0.379 e. The molecule has 6 rings (SSSR count). The predicted molar refractivity (Wildman–Crippen MR) is 241 cm³/mol. The van der Waals surface area contributed by atoms with Crippen LogP contribution < -0.4 is 26.2 Å². The molecule has 2 saturated carbocycles. The highest BCUT2D eigenvalue weighted by Crippen LogP contribution is 2.33. The molecule has 2 aliphatic carbocycles. The average Bonchev–Trinajstić information content (AvgIpc) is 3.25. The summed E-state index contributed by atoms with van der Waals surface area (Å²) in [6, 6.07) is 24.4. The Morgan fingerprint density at radius 2 is 1.08 bits per heavy atom. The van der Waals surface area contributed by atoms with Gasteiger partial charge in [-0.2, -0.15) is 0 Å². The summed E-state index contributed by atoms with van der Waals surface area (Å²) in [6.07, 6.45) is 10.3. The number of thioether (sulfide) groups is 1. The zero-order valence-corrected chi connectivity index (χ0v) is 36.3. The maximum absolute atomic E-state index is 14.1. The van der Waals surface area contributed by atoms with Crippen LogP contribution in [0.4, 0.5) is 20.2 Å². The summed E-state index contributed by atoms with van der Waals surface area (Å²) in [4.78, 5) is 55.9. The van der Waals surface area contributed by atoms with Crippen molar-refractivity contribution >= 4 is 63.5 Å². The number of alkyl halides is 1. The lowest BCUT2D eigenvalue weighted by Crippen LogP contribution is -2.48. The molecule has 324 valence electrons. The fourth-order valence-electron chi connectivity index (χ4n) is 8.04. The van der Waals surface area contributed by atoms with Crippen LogP contribution in [0.1, 0.15) is 98.5 Å². The lowest BCUT2D eigenvalue weighted by molar-refractivity contribution is -0.126. The molecule has 0 aliphatic heterocycles. The Balaban J connectivity index is 0.000000232. The van der Waals surface area contributed by atoms with Gasteiger partial charge in [0.25, 0.3) is 0 Å². The highest BCUT2D eigenvalue weighted by atomic mass is 35.5. The van der Waals surface area contributed by atoms with Crippen LogP contribution in [0.2, 0.25) is 0 Å². The van der Waals surface area contributed by atoms with Crippen LogP contribution >= 0.6 is 23.4 Å². The number of nitrogens with one attached hydrogen (secondary N) is 3. The van der Waals surface area contributed by atoms with Gasteiger partial charge in [0, 0.05) is 23.5 Å². The van der Waals surface area contributed by atoms with Gasteiger partial charge in [0.2, 0.25) is 23.6 Å². The highest BCUT2D eigenvalue weighted by molar-refractivity contribution is 8.14. The first-order chi connectivity index (χ1) is 29.4. The maximum atomic E-state index is 14.1. The fraction of sp³-hybridized carbons (Fsp3) is 0.383. The van der Waals surface area contributed by atoms with E-state index in [0.29, 0.717) is 16.8 Å². The predicted octanol–water partition coefficient (Wildman–Crippen LogP) is 9.18. The number of nitrogens with zero attached hydrogens (tertiary/aromatic N) is 2. The zero-order valence-electron chi connectivity index (χ0n) is 34.7. The summed E-state index contributed by atoms with van der Waals surface area (Å²) in [7, 11) is 0. The number of amides is 4. The van der Waals surface area contributed by atoms with Crippen LogP contribution in [-0.2, 0) is 19.2 Å². The van der Waals surface area contributed by atoms with E-state index in [9.17, 15) is 28.0 Å². The molecule has 10 nitrogen and oxygen atoms in total. The van der Waals surface area contributed by atoms with Gasteiger partial charge >= 0.3 is 0 Å². The van der Waals surface area contributed by atoms with Crippen LogP contribution in [0.3, 0.4) is 0 Å². The number of amidine groups is 1. The molecule has 2 atom stereocenters. The number of nitrogens with two attached hydrogens (primary N) is 1. The van der Waals surface area contributed by atoms with E-state index in [0.717, 1.165) is 80.7 Å². The van der Waals surface area contributed by atoms with Crippen LogP contribution in [0, 0.1) is 30.9 Å². The molecule has 4 amide bonds. The number of aryl methyl sites for hydroxylation is 2. The van der Waals surface area contributed by atoms with Gasteiger partial charge < -0.3 is 16.4 Å². The van der Waals surface area contributed by atoms with Crippen LogP contribution in [0.15, 0.2) is 97.1 Å². The van der Waals surface area contributed by atoms with E-state index < -0.39 is 35.5 Å². The van der Waals surface area contributed by atoms with Gasteiger partial charge in [-0.05, 0) is 98.2 Å². The number of halogens is 3. The van der Waals surface area contributed by atoms with Crippen LogP contribution in [0.25, 0.3) is 0 Å². The Kier molecular flexibility index (Phi) is 17.7. The molecule has 0 radical (unpaired) electrons. The van der Waals surface area contributed by atoms with Crippen LogP contribution in [0.5, 0.6) is 0 Å².